The van der Waals surface area contributed by atoms with Crippen LogP contribution in [0.3, 0.4) is 0 Å². The number of methoxy groups -OCH3 is 1. The van der Waals surface area contributed by atoms with Gasteiger partial charge in [-0.2, -0.15) is 5.10 Å². The molecular formula is C10H11N5O2. The zero-order valence-electron chi connectivity index (χ0n) is 9.17. The summed E-state index contributed by atoms with van der Waals surface area (Å²) < 4.78 is 4.90. The van der Waals surface area contributed by atoms with Crippen LogP contribution in [0, 0.1) is 0 Å². The van der Waals surface area contributed by atoms with Crippen molar-refractivity contribution in [2.75, 3.05) is 7.11 Å². The Kier molecular flexibility index (Phi) is 3.29. The summed E-state index contributed by atoms with van der Waals surface area (Å²) in [6, 6.07) is 3.27. The van der Waals surface area contributed by atoms with E-state index in [1.54, 1.807) is 12.1 Å². The van der Waals surface area contributed by atoms with E-state index in [9.17, 15) is 4.79 Å². The van der Waals surface area contributed by atoms with E-state index in [0.717, 1.165) is 0 Å². The topological polar surface area (TPSA) is 92.8 Å². The summed E-state index contributed by atoms with van der Waals surface area (Å²) in [6.45, 7) is 0.296. The number of ether oxygens (including phenoxy) is 1. The Hall–Kier alpha value is -2.44. The first-order valence-corrected chi connectivity index (χ1v) is 4.92. The van der Waals surface area contributed by atoms with E-state index in [2.05, 4.69) is 25.5 Å². The number of pyridine rings is 1. The molecule has 0 saturated carbocycles. The van der Waals surface area contributed by atoms with Gasteiger partial charge in [0.05, 0.1) is 19.2 Å². The van der Waals surface area contributed by atoms with Crippen LogP contribution in [0.25, 0.3) is 0 Å². The average molecular weight is 233 g/mol. The minimum absolute atomic E-state index is 0.225. The Morgan fingerprint density at radius 3 is 2.94 bits per heavy atom. The fraction of sp³-hybridized carbons (Fsp3) is 0.200. The minimum atomic E-state index is -0.225. The number of nitrogens with zero attached hydrogens (tertiary/aromatic N) is 3. The molecule has 0 aliphatic rings. The maximum atomic E-state index is 11.7. The normalized spacial score (nSPS) is 9.94. The molecule has 7 heteroatoms. The third-order valence-electron chi connectivity index (χ3n) is 2.09. The Labute approximate surface area is 97.2 Å². The van der Waals surface area contributed by atoms with E-state index in [1.165, 1.54) is 19.6 Å². The van der Waals surface area contributed by atoms with Crippen LogP contribution in [0.15, 0.2) is 24.7 Å². The molecule has 0 aliphatic heterocycles. The first-order valence-electron chi connectivity index (χ1n) is 4.92. The first-order chi connectivity index (χ1) is 8.29. The Balaban J connectivity index is 1.95. The van der Waals surface area contributed by atoms with Gasteiger partial charge in [0.25, 0.3) is 5.91 Å². The van der Waals surface area contributed by atoms with Gasteiger partial charge in [0.2, 0.25) is 5.88 Å². The molecule has 7 nitrogen and oxygen atoms in total. The molecule has 0 spiro atoms. The number of carbonyl (C=O) groups excluding carboxylic acids is 1. The number of rotatable bonds is 4. The molecule has 2 N–H and O–H groups in total. The quantitative estimate of drug-likeness (QED) is 0.783. The van der Waals surface area contributed by atoms with Crippen LogP contribution in [-0.4, -0.2) is 33.2 Å². The van der Waals surface area contributed by atoms with Gasteiger partial charge >= 0.3 is 0 Å². The average Bonchev–Trinajstić information content (AvgIpc) is 2.89. The summed E-state index contributed by atoms with van der Waals surface area (Å²) in [6.07, 6.45) is 2.84. The zero-order chi connectivity index (χ0) is 12.1. The van der Waals surface area contributed by atoms with Crippen molar-refractivity contribution in [3.8, 4) is 5.88 Å². The lowest BCUT2D eigenvalue weighted by Gasteiger charge is -2.03. The molecule has 2 aromatic rings. The molecule has 0 fully saturated rings. The third kappa shape index (κ3) is 2.77. The highest BCUT2D eigenvalue weighted by Gasteiger charge is 2.06. The van der Waals surface area contributed by atoms with Crippen LogP contribution in [0.2, 0.25) is 0 Å². The summed E-state index contributed by atoms with van der Waals surface area (Å²) in [4.78, 5) is 19.5. The molecule has 0 bridgehead atoms. The SMILES string of the molecule is COc1ccc(C(=O)NCc2ncn[nH]2)cn1. The molecule has 88 valence electrons. The van der Waals surface area contributed by atoms with E-state index < -0.39 is 0 Å². The van der Waals surface area contributed by atoms with Gasteiger partial charge < -0.3 is 10.1 Å². The molecule has 0 radical (unpaired) electrons. The second-order valence-electron chi connectivity index (χ2n) is 3.20. The largest absolute Gasteiger partial charge is 0.481 e. The molecule has 0 unspecified atom stereocenters. The number of amides is 1. The van der Waals surface area contributed by atoms with E-state index in [1.807, 2.05) is 0 Å². The van der Waals surface area contributed by atoms with Gasteiger partial charge in [0, 0.05) is 12.3 Å². The highest BCUT2D eigenvalue weighted by molar-refractivity contribution is 5.93. The lowest BCUT2D eigenvalue weighted by Crippen LogP contribution is -2.23. The highest BCUT2D eigenvalue weighted by atomic mass is 16.5. The van der Waals surface area contributed by atoms with Crippen molar-refractivity contribution in [1.29, 1.82) is 0 Å². The number of aromatic nitrogens is 4. The number of hydrogen-bond acceptors (Lipinski definition) is 5. The van der Waals surface area contributed by atoms with Crippen LogP contribution >= 0.6 is 0 Å². The van der Waals surface area contributed by atoms with Crippen LogP contribution in [0.5, 0.6) is 5.88 Å². The summed E-state index contributed by atoms with van der Waals surface area (Å²) in [5, 5.41) is 9.02. The van der Waals surface area contributed by atoms with E-state index in [0.29, 0.717) is 23.8 Å². The van der Waals surface area contributed by atoms with Gasteiger partial charge in [-0.15, -0.1) is 0 Å². The van der Waals surface area contributed by atoms with Crippen LogP contribution < -0.4 is 10.1 Å². The van der Waals surface area contributed by atoms with Crippen molar-refractivity contribution < 1.29 is 9.53 Å². The number of nitrogens with one attached hydrogen (secondary N) is 2. The molecule has 17 heavy (non-hydrogen) atoms. The minimum Gasteiger partial charge on any atom is -0.481 e. The van der Waals surface area contributed by atoms with E-state index >= 15 is 0 Å². The third-order valence-corrected chi connectivity index (χ3v) is 2.09. The molecule has 0 aliphatic carbocycles. The molecule has 0 atom stereocenters. The van der Waals surface area contributed by atoms with Gasteiger partial charge in [0.15, 0.2) is 0 Å². The van der Waals surface area contributed by atoms with Crippen molar-refractivity contribution >= 4 is 5.91 Å². The summed E-state index contributed by atoms with van der Waals surface area (Å²) in [5.41, 5.74) is 0.463. The van der Waals surface area contributed by atoms with Crippen LogP contribution in [-0.2, 0) is 6.54 Å². The number of carbonyl (C=O) groups is 1. The van der Waals surface area contributed by atoms with Crippen molar-refractivity contribution in [3.63, 3.8) is 0 Å². The molecular weight excluding hydrogens is 222 g/mol. The van der Waals surface area contributed by atoms with Gasteiger partial charge in [-0.25, -0.2) is 9.97 Å². The second-order valence-corrected chi connectivity index (χ2v) is 3.20. The van der Waals surface area contributed by atoms with Crippen molar-refractivity contribution in [1.82, 2.24) is 25.5 Å². The van der Waals surface area contributed by atoms with Gasteiger partial charge in [-0.3, -0.25) is 9.89 Å². The lowest BCUT2D eigenvalue weighted by molar-refractivity contribution is 0.0949. The molecule has 1 amide bonds. The maximum Gasteiger partial charge on any atom is 0.253 e. The molecule has 0 aromatic carbocycles. The highest BCUT2D eigenvalue weighted by Crippen LogP contribution is 2.06. The van der Waals surface area contributed by atoms with Crippen molar-refractivity contribution in [3.05, 3.63) is 36.0 Å². The second kappa shape index (κ2) is 5.06. The zero-order valence-corrected chi connectivity index (χ0v) is 9.17. The summed E-state index contributed by atoms with van der Waals surface area (Å²) >= 11 is 0. The fourth-order valence-corrected chi connectivity index (χ4v) is 1.22. The maximum absolute atomic E-state index is 11.7. The first kappa shape index (κ1) is 11.1. The summed E-state index contributed by atoms with van der Waals surface area (Å²) in [7, 11) is 1.52. The van der Waals surface area contributed by atoms with Crippen molar-refractivity contribution in [2.45, 2.75) is 6.54 Å². The van der Waals surface area contributed by atoms with Gasteiger partial charge in [-0.1, -0.05) is 0 Å². The Morgan fingerprint density at radius 2 is 2.35 bits per heavy atom. The Bertz CT molecular complexity index is 480. The Morgan fingerprint density at radius 1 is 1.47 bits per heavy atom. The fourth-order valence-electron chi connectivity index (χ4n) is 1.22. The van der Waals surface area contributed by atoms with E-state index in [-0.39, 0.29) is 5.91 Å². The summed E-state index contributed by atoms with van der Waals surface area (Å²) in [5.74, 6) is 0.841. The molecule has 2 heterocycles. The predicted octanol–water partition coefficient (Wildman–Crippen LogP) is 0.138. The lowest BCUT2D eigenvalue weighted by atomic mass is 10.2. The predicted molar refractivity (Wildman–Crippen MR) is 58.3 cm³/mol. The molecule has 2 aromatic heterocycles. The number of hydrogen-bond donors (Lipinski definition) is 2. The van der Waals surface area contributed by atoms with Gasteiger partial charge in [0.1, 0.15) is 12.2 Å². The van der Waals surface area contributed by atoms with Crippen LogP contribution in [0.4, 0.5) is 0 Å². The van der Waals surface area contributed by atoms with Gasteiger partial charge in [-0.05, 0) is 6.07 Å². The van der Waals surface area contributed by atoms with Crippen molar-refractivity contribution in [2.24, 2.45) is 0 Å². The molecule has 2 rings (SSSR count). The van der Waals surface area contributed by atoms with E-state index in [4.69, 9.17) is 4.74 Å². The number of aromatic amines is 1. The standard InChI is InChI=1S/C10H11N5O2/c1-17-9-3-2-7(4-11-9)10(16)12-5-8-13-6-14-15-8/h2-4,6H,5H2,1H3,(H,12,16)(H,13,14,15). The number of H-pyrrole nitrogens is 1. The van der Waals surface area contributed by atoms with Crippen LogP contribution in [0.1, 0.15) is 16.2 Å². The monoisotopic (exact) mass is 233 g/mol. The smallest absolute Gasteiger partial charge is 0.253 e. The molecule has 0 saturated heterocycles.